The zero-order valence-corrected chi connectivity index (χ0v) is 12.3. The maximum atomic E-state index is 11.8. The maximum Gasteiger partial charge on any atom is 0.412 e. The van der Waals surface area contributed by atoms with Crippen molar-refractivity contribution in [1.29, 1.82) is 0 Å². The summed E-state index contributed by atoms with van der Waals surface area (Å²) >= 11 is 4.86. The van der Waals surface area contributed by atoms with E-state index in [0.717, 1.165) is 10.3 Å². The molecule has 3 fully saturated rings. The molecule has 18 heavy (non-hydrogen) atoms. The molecule has 1 amide bonds. The molecular weight excluding hydrogens is 316 g/mol. The Morgan fingerprint density at radius 2 is 2.28 bits per heavy atom. The Bertz CT molecular complexity index is 443. The molecule has 6 heteroatoms. The van der Waals surface area contributed by atoms with Crippen LogP contribution in [0.5, 0.6) is 5.75 Å². The smallest absolute Gasteiger partial charge is 0.409 e. The number of fused-ring (bicyclic) bond motifs is 3. The average Bonchev–Trinajstić information content (AvgIpc) is 2.76. The molecule has 0 saturated carbocycles. The number of hydrogen-bond donors (Lipinski definition) is 1. The fourth-order valence-electron chi connectivity index (χ4n) is 2.76. The Hall–Kier alpha value is -0.590. The minimum atomic E-state index is -0.334. The van der Waals surface area contributed by atoms with Crippen LogP contribution in [-0.2, 0) is 0 Å². The predicted octanol–water partition coefficient (Wildman–Crippen LogP) is 2.69. The van der Waals surface area contributed by atoms with Gasteiger partial charge in [-0.15, -0.1) is 11.3 Å². The van der Waals surface area contributed by atoms with Gasteiger partial charge in [0.1, 0.15) is 5.75 Å². The Morgan fingerprint density at radius 3 is 2.83 bits per heavy atom. The first-order valence-corrected chi connectivity index (χ1v) is 7.83. The van der Waals surface area contributed by atoms with Crippen LogP contribution in [-0.4, -0.2) is 36.7 Å². The molecule has 98 valence electrons. The Labute approximate surface area is 118 Å². The highest BCUT2D eigenvalue weighted by molar-refractivity contribution is 9.11. The zero-order chi connectivity index (χ0) is 12.5. The lowest BCUT2D eigenvalue weighted by molar-refractivity contribution is 0.0725. The minimum absolute atomic E-state index is 0.252. The summed E-state index contributed by atoms with van der Waals surface area (Å²) in [7, 11) is 0. The lowest BCUT2D eigenvalue weighted by Crippen LogP contribution is -2.57. The highest BCUT2D eigenvalue weighted by atomic mass is 79.9. The van der Waals surface area contributed by atoms with E-state index in [2.05, 4.69) is 26.1 Å². The minimum Gasteiger partial charge on any atom is -0.409 e. The van der Waals surface area contributed by atoms with Crippen molar-refractivity contribution in [3.8, 4) is 5.75 Å². The second-order valence-corrected chi connectivity index (χ2v) is 7.16. The third-order valence-electron chi connectivity index (χ3n) is 3.71. The number of rotatable bonds is 2. The molecule has 1 atom stereocenters. The van der Waals surface area contributed by atoms with Crippen molar-refractivity contribution in [3.63, 3.8) is 0 Å². The molecule has 3 aliphatic heterocycles. The molecule has 0 spiro atoms. The number of thiophene rings is 1. The van der Waals surface area contributed by atoms with Gasteiger partial charge in [-0.25, -0.2) is 4.79 Å². The van der Waals surface area contributed by atoms with Gasteiger partial charge in [-0.2, -0.15) is 0 Å². The van der Waals surface area contributed by atoms with Crippen LogP contribution in [0.15, 0.2) is 15.2 Å². The summed E-state index contributed by atoms with van der Waals surface area (Å²) in [5.41, 5.74) is 0. The lowest BCUT2D eigenvalue weighted by Gasteiger charge is -2.44. The quantitative estimate of drug-likeness (QED) is 0.906. The van der Waals surface area contributed by atoms with E-state index in [9.17, 15) is 4.79 Å². The first kappa shape index (κ1) is 12.4. The van der Waals surface area contributed by atoms with Crippen LogP contribution in [0, 0.1) is 5.92 Å². The number of nitrogens with zero attached hydrogens (tertiary/aromatic N) is 1. The summed E-state index contributed by atoms with van der Waals surface area (Å²) in [6, 6.07) is 2.06. The first-order chi connectivity index (χ1) is 8.70. The van der Waals surface area contributed by atoms with Crippen molar-refractivity contribution in [3.05, 3.63) is 15.2 Å². The fraction of sp³-hybridized carbons (Fsp3) is 0.583. The van der Waals surface area contributed by atoms with E-state index < -0.39 is 0 Å². The average molecular weight is 331 g/mol. The third-order valence-corrected chi connectivity index (χ3v) is 5.20. The molecule has 1 aromatic heterocycles. The van der Waals surface area contributed by atoms with Crippen molar-refractivity contribution in [2.75, 3.05) is 19.6 Å². The van der Waals surface area contributed by atoms with Gasteiger partial charge in [0.25, 0.3) is 0 Å². The number of amides is 1. The largest absolute Gasteiger partial charge is 0.412 e. The topological polar surface area (TPSA) is 41.6 Å². The fourth-order valence-corrected chi connectivity index (χ4v) is 3.80. The Balaban J connectivity index is 1.55. The zero-order valence-electron chi connectivity index (χ0n) is 9.89. The number of piperidine rings is 3. The highest BCUT2D eigenvalue weighted by Crippen LogP contribution is 2.28. The van der Waals surface area contributed by atoms with Gasteiger partial charge in [0.15, 0.2) is 0 Å². The Kier molecular flexibility index (Phi) is 3.59. The van der Waals surface area contributed by atoms with E-state index in [1.165, 1.54) is 37.3 Å². The van der Waals surface area contributed by atoms with Gasteiger partial charge in [-0.1, -0.05) is 0 Å². The molecule has 2 bridgehead atoms. The second kappa shape index (κ2) is 5.19. The molecular formula is C12H15BrN2O2S. The number of carbonyl (C=O) groups excluding carboxylic acids is 1. The molecule has 0 aromatic carbocycles. The summed E-state index contributed by atoms with van der Waals surface area (Å²) in [5.74, 6) is 1.22. The van der Waals surface area contributed by atoms with E-state index in [0.29, 0.717) is 11.7 Å². The maximum absolute atomic E-state index is 11.8. The number of halogens is 1. The van der Waals surface area contributed by atoms with Crippen molar-refractivity contribution < 1.29 is 9.53 Å². The molecule has 4 rings (SSSR count). The van der Waals surface area contributed by atoms with Crippen LogP contribution in [0.4, 0.5) is 4.79 Å². The number of hydrogen-bond acceptors (Lipinski definition) is 4. The normalized spacial score (nSPS) is 30.2. The molecule has 3 saturated heterocycles. The van der Waals surface area contributed by atoms with Crippen LogP contribution in [0.1, 0.15) is 12.8 Å². The first-order valence-electron chi connectivity index (χ1n) is 6.15. The standard InChI is InChI=1S/C12H15BrN2O2S/c13-11-5-9(7-18-11)17-12(16)14-10-6-15-3-1-8(10)2-4-15/h5,7-8,10H,1-4,6H2,(H,14,16)/t10-/m0/s1. The number of ether oxygens (including phenoxy) is 1. The van der Waals surface area contributed by atoms with Crippen LogP contribution >= 0.6 is 27.3 Å². The van der Waals surface area contributed by atoms with Crippen LogP contribution in [0.3, 0.4) is 0 Å². The molecule has 1 aromatic rings. The van der Waals surface area contributed by atoms with Gasteiger partial charge in [0, 0.05) is 24.0 Å². The SMILES string of the molecule is O=C(N[C@H]1CN2CCC1CC2)Oc1csc(Br)c1. The Morgan fingerprint density at radius 1 is 1.50 bits per heavy atom. The lowest BCUT2D eigenvalue weighted by atomic mass is 9.84. The van der Waals surface area contributed by atoms with Crippen LogP contribution in [0.25, 0.3) is 0 Å². The molecule has 0 radical (unpaired) electrons. The molecule has 1 N–H and O–H groups in total. The summed E-state index contributed by atoms with van der Waals surface area (Å²) in [4.78, 5) is 14.2. The van der Waals surface area contributed by atoms with Crippen molar-refractivity contribution in [2.45, 2.75) is 18.9 Å². The van der Waals surface area contributed by atoms with E-state index in [4.69, 9.17) is 4.74 Å². The third kappa shape index (κ3) is 2.70. The number of carbonyl (C=O) groups is 1. The van der Waals surface area contributed by atoms with Gasteiger partial charge in [0.05, 0.1) is 3.79 Å². The number of nitrogens with one attached hydrogen (secondary N) is 1. The van der Waals surface area contributed by atoms with Gasteiger partial charge < -0.3 is 15.0 Å². The van der Waals surface area contributed by atoms with Crippen molar-refractivity contribution >= 4 is 33.4 Å². The summed E-state index contributed by atoms with van der Waals surface area (Å²) < 4.78 is 6.22. The van der Waals surface area contributed by atoms with Gasteiger partial charge in [-0.3, -0.25) is 0 Å². The molecule has 4 nitrogen and oxygen atoms in total. The second-order valence-electron chi connectivity index (χ2n) is 4.86. The van der Waals surface area contributed by atoms with E-state index >= 15 is 0 Å². The molecule has 4 heterocycles. The van der Waals surface area contributed by atoms with Gasteiger partial charge in [-0.05, 0) is 47.8 Å². The summed E-state index contributed by atoms with van der Waals surface area (Å²) in [6.07, 6.45) is 2.04. The van der Waals surface area contributed by atoms with Gasteiger partial charge in [0.2, 0.25) is 0 Å². The van der Waals surface area contributed by atoms with Crippen LogP contribution in [0.2, 0.25) is 0 Å². The van der Waals surface area contributed by atoms with Gasteiger partial charge >= 0.3 is 6.09 Å². The summed E-state index contributed by atoms with van der Waals surface area (Å²) in [6.45, 7) is 3.32. The van der Waals surface area contributed by atoms with E-state index in [1.54, 1.807) is 6.07 Å². The van der Waals surface area contributed by atoms with E-state index in [1.807, 2.05) is 5.38 Å². The van der Waals surface area contributed by atoms with Crippen molar-refractivity contribution in [1.82, 2.24) is 10.2 Å². The molecule has 3 aliphatic rings. The summed E-state index contributed by atoms with van der Waals surface area (Å²) in [5, 5.41) is 4.81. The predicted molar refractivity (Wildman–Crippen MR) is 74.1 cm³/mol. The highest BCUT2D eigenvalue weighted by Gasteiger charge is 2.35. The monoisotopic (exact) mass is 330 g/mol. The van der Waals surface area contributed by atoms with Crippen LogP contribution < -0.4 is 10.1 Å². The molecule has 0 unspecified atom stereocenters. The van der Waals surface area contributed by atoms with Crippen molar-refractivity contribution in [2.24, 2.45) is 5.92 Å². The molecule has 0 aliphatic carbocycles. The van der Waals surface area contributed by atoms with E-state index in [-0.39, 0.29) is 12.1 Å².